The number of hydrogen-bond donors (Lipinski definition) is 0. The number of aromatic nitrogens is 2. The fourth-order valence-corrected chi connectivity index (χ4v) is 5.87. The first kappa shape index (κ1) is 19.6. The summed E-state index contributed by atoms with van der Waals surface area (Å²) >= 11 is 13.7. The van der Waals surface area contributed by atoms with Gasteiger partial charge in [0.25, 0.3) is 0 Å². The second kappa shape index (κ2) is 7.96. The van der Waals surface area contributed by atoms with Gasteiger partial charge in [-0.25, -0.2) is 8.42 Å². The lowest BCUT2D eigenvalue weighted by atomic mass is 10.3. The van der Waals surface area contributed by atoms with Gasteiger partial charge in [0.2, 0.25) is 10.0 Å². The van der Waals surface area contributed by atoms with E-state index in [1.165, 1.54) is 16.4 Å². The number of halogens is 2. The molecule has 0 bridgehead atoms. The molecule has 0 aliphatic carbocycles. The van der Waals surface area contributed by atoms with Gasteiger partial charge in [-0.2, -0.15) is 4.31 Å². The smallest absolute Gasteiger partial charge is 0.244 e. The molecule has 1 saturated heterocycles. The van der Waals surface area contributed by atoms with E-state index in [1.807, 2.05) is 34.5 Å². The molecule has 1 aromatic carbocycles. The third kappa shape index (κ3) is 3.88. The Balaban J connectivity index is 1.46. The van der Waals surface area contributed by atoms with Crippen LogP contribution in [0.3, 0.4) is 0 Å². The molecule has 28 heavy (non-hydrogen) atoms. The van der Waals surface area contributed by atoms with Crippen molar-refractivity contribution in [3.63, 3.8) is 0 Å². The van der Waals surface area contributed by atoms with Crippen LogP contribution in [0.5, 0.6) is 0 Å². The second-order valence-electron chi connectivity index (χ2n) is 6.22. The van der Waals surface area contributed by atoms with E-state index < -0.39 is 10.0 Å². The minimum Gasteiger partial charge on any atom is -0.352 e. The van der Waals surface area contributed by atoms with Gasteiger partial charge in [-0.1, -0.05) is 29.3 Å². The Bertz CT molecular complexity index is 1070. The fraction of sp³-hybridized carbons (Fsp3) is 0.222. The van der Waals surface area contributed by atoms with E-state index in [0.717, 1.165) is 16.4 Å². The van der Waals surface area contributed by atoms with Crippen molar-refractivity contribution < 1.29 is 8.42 Å². The maximum absolute atomic E-state index is 12.9. The summed E-state index contributed by atoms with van der Waals surface area (Å²) in [4.78, 5) is 3.13. The highest BCUT2D eigenvalue weighted by molar-refractivity contribution is 7.89. The Kier molecular flexibility index (Phi) is 5.57. The molecule has 3 aromatic rings. The van der Waals surface area contributed by atoms with Gasteiger partial charge in [-0.05, 0) is 41.8 Å². The average Bonchev–Trinajstić information content (AvgIpc) is 3.25. The maximum atomic E-state index is 12.9. The Labute approximate surface area is 177 Å². The van der Waals surface area contributed by atoms with Gasteiger partial charge >= 0.3 is 0 Å². The molecule has 1 aliphatic rings. The topological polar surface area (TPSA) is 66.4 Å². The summed E-state index contributed by atoms with van der Waals surface area (Å²) in [6.07, 6.45) is 0. The number of benzene rings is 1. The third-order valence-corrected chi connectivity index (χ3v) is 8.01. The lowest BCUT2D eigenvalue weighted by molar-refractivity contribution is 0.383. The molecule has 3 heterocycles. The first-order chi connectivity index (χ1) is 13.4. The van der Waals surface area contributed by atoms with E-state index in [1.54, 1.807) is 17.4 Å². The summed E-state index contributed by atoms with van der Waals surface area (Å²) in [6, 6.07) is 12.3. The highest BCUT2D eigenvalue weighted by atomic mass is 35.5. The normalized spacial score (nSPS) is 15.7. The van der Waals surface area contributed by atoms with Crippen LogP contribution in [0.1, 0.15) is 0 Å². The van der Waals surface area contributed by atoms with Crippen LogP contribution in [-0.4, -0.2) is 49.1 Å². The van der Waals surface area contributed by atoms with Crippen molar-refractivity contribution in [3.8, 4) is 10.6 Å². The summed E-state index contributed by atoms with van der Waals surface area (Å²) in [5, 5.41) is 11.1. The lowest BCUT2D eigenvalue weighted by Gasteiger charge is -2.34. The second-order valence-corrected chi connectivity index (χ2v) is 9.92. The zero-order chi connectivity index (χ0) is 19.7. The minimum absolute atomic E-state index is 0.0372. The zero-order valence-corrected chi connectivity index (χ0v) is 17.8. The van der Waals surface area contributed by atoms with E-state index in [9.17, 15) is 8.42 Å². The van der Waals surface area contributed by atoms with Gasteiger partial charge in [0, 0.05) is 31.2 Å². The number of rotatable bonds is 4. The SMILES string of the molecule is O=S(=O)(c1cc(Cl)ccc1Cl)N1CCN(c2ccc(-c3cccs3)nn2)CC1. The van der Waals surface area contributed by atoms with Crippen LogP contribution in [0, 0.1) is 0 Å². The molecule has 1 fully saturated rings. The first-order valence-corrected chi connectivity index (χ1v) is 11.6. The molecule has 6 nitrogen and oxygen atoms in total. The summed E-state index contributed by atoms with van der Waals surface area (Å²) < 4.78 is 27.3. The largest absolute Gasteiger partial charge is 0.352 e. The predicted molar refractivity (Wildman–Crippen MR) is 113 cm³/mol. The molecular weight excluding hydrogens is 439 g/mol. The summed E-state index contributed by atoms with van der Waals surface area (Å²) in [5.41, 5.74) is 0.829. The van der Waals surface area contributed by atoms with Crippen molar-refractivity contribution in [3.05, 3.63) is 57.9 Å². The van der Waals surface area contributed by atoms with Crippen LogP contribution in [0.25, 0.3) is 10.6 Å². The van der Waals surface area contributed by atoms with Gasteiger partial charge in [0.05, 0.1) is 9.90 Å². The van der Waals surface area contributed by atoms with Crippen LogP contribution in [0.15, 0.2) is 52.7 Å². The van der Waals surface area contributed by atoms with Gasteiger partial charge < -0.3 is 4.90 Å². The Morgan fingerprint density at radius 3 is 2.39 bits per heavy atom. The first-order valence-electron chi connectivity index (χ1n) is 8.53. The number of thiophene rings is 1. The number of hydrogen-bond acceptors (Lipinski definition) is 6. The van der Waals surface area contributed by atoms with Crippen molar-refractivity contribution in [2.45, 2.75) is 4.90 Å². The van der Waals surface area contributed by atoms with Crippen molar-refractivity contribution in [2.24, 2.45) is 0 Å². The van der Waals surface area contributed by atoms with Crippen molar-refractivity contribution in [1.82, 2.24) is 14.5 Å². The van der Waals surface area contributed by atoms with E-state index in [4.69, 9.17) is 23.2 Å². The summed E-state index contributed by atoms with van der Waals surface area (Å²) in [5.74, 6) is 0.734. The summed E-state index contributed by atoms with van der Waals surface area (Å²) in [7, 11) is -3.70. The minimum atomic E-state index is -3.70. The molecule has 4 rings (SSSR count). The van der Waals surface area contributed by atoms with Crippen LogP contribution < -0.4 is 4.90 Å². The highest BCUT2D eigenvalue weighted by Crippen LogP contribution is 2.29. The molecule has 2 aromatic heterocycles. The van der Waals surface area contributed by atoms with Gasteiger partial charge in [0.1, 0.15) is 10.6 Å². The molecule has 146 valence electrons. The van der Waals surface area contributed by atoms with E-state index in [0.29, 0.717) is 31.2 Å². The monoisotopic (exact) mass is 454 g/mol. The molecule has 0 spiro atoms. The maximum Gasteiger partial charge on any atom is 0.244 e. The average molecular weight is 455 g/mol. The Hall–Kier alpha value is -1.71. The molecule has 10 heteroatoms. The zero-order valence-electron chi connectivity index (χ0n) is 14.6. The molecule has 1 aliphatic heterocycles. The van der Waals surface area contributed by atoms with Crippen LogP contribution >= 0.6 is 34.5 Å². The molecule has 0 radical (unpaired) electrons. The van der Waals surface area contributed by atoms with Crippen LogP contribution in [-0.2, 0) is 10.0 Å². The number of sulfonamides is 1. The standard InChI is InChI=1S/C18H16Cl2N4O2S2/c19-13-3-4-14(20)17(12-13)28(25,26)24-9-7-23(8-10-24)18-6-5-15(21-22-18)16-2-1-11-27-16/h1-6,11-12H,7-10H2. The molecule has 0 saturated carbocycles. The van der Waals surface area contributed by atoms with Crippen molar-refractivity contribution in [1.29, 1.82) is 0 Å². The van der Waals surface area contributed by atoms with Gasteiger partial charge in [-0.3, -0.25) is 0 Å². The van der Waals surface area contributed by atoms with Crippen molar-refractivity contribution >= 4 is 50.4 Å². The van der Waals surface area contributed by atoms with E-state index in [-0.39, 0.29) is 9.92 Å². The summed E-state index contributed by atoms with van der Waals surface area (Å²) in [6.45, 7) is 1.70. The molecule has 0 atom stereocenters. The van der Waals surface area contributed by atoms with E-state index >= 15 is 0 Å². The predicted octanol–water partition coefficient (Wildman–Crippen LogP) is 4.02. The number of anilines is 1. The molecule has 0 unspecified atom stereocenters. The fourth-order valence-electron chi connectivity index (χ4n) is 3.02. The van der Waals surface area contributed by atoms with Crippen LogP contribution in [0.2, 0.25) is 10.0 Å². The molecule has 0 N–H and O–H groups in total. The molecular formula is C18H16Cl2N4O2S2. The van der Waals surface area contributed by atoms with Gasteiger partial charge in [0.15, 0.2) is 5.82 Å². The highest BCUT2D eigenvalue weighted by Gasteiger charge is 2.30. The molecule has 0 amide bonds. The lowest BCUT2D eigenvalue weighted by Crippen LogP contribution is -2.49. The Morgan fingerprint density at radius 2 is 1.75 bits per heavy atom. The third-order valence-electron chi connectivity index (χ3n) is 4.50. The Morgan fingerprint density at radius 1 is 0.964 bits per heavy atom. The number of nitrogens with zero attached hydrogens (tertiary/aromatic N) is 4. The number of piperazine rings is 1. The van der Waals surface area contributed by atoms with Gasteiger partial charge in [-0.15, -0.1) is 21.5 Å². The quantitative estimate of drug-likeness (QED) is 0.595. The van der Waals surface area contributed by atoms with E-state index in [2.05, 4.69) is 10.2 Å². The van der Waals surface area contributed by atoms with Crippen LogP contribution in [0.4, 0.5) is 5.82 Å². The van der Waals surface area contributed by atoms with Crippen molar-refractivity contribution in [2.75, 3.05) is 31.1 Å².